The van der Waals surface area contributed by atoms with E-state index in [4.69, 9.17) is 0 Å². The molecule has 3 heteroatoms. The normalized spacial score (nSPS) is 15.5. The second-order valence-electron chi connectivity index (χ2n) is 5.91. The molecule has 0 unspecified atom stereocenters. The summed E-state index contributed by atoms with van der Waals surface area (Å²) in [6.07, 6.45) is 5.97. The number of carbonyl (C=O) groups is 1. The Morgan fingerprint density at radius 1 is 0.955 bits per heavy atom. The minimum absolute atomic E-state index is 0.352. The Labute approximate surface area is 131 Å². The SMILES string of the molecule is O=C(O)c1ccc(-c2ccccc2)cc1NC1CCCCC1. The summed E-state index contributed by atoms with van der Waals surface area (Å²) in [6, 6.07) is 16.0. The van der Waals surface area contributed by atoms with E-state index in [1.54, 1.807) is 6.07 Å². The van der Waals surface area contributed by atoms with Crippen molar-refractivity contribution in [2.45, 2.75) is 38.1 Å². The molecule has 22 heavy (non-hydrogen) atoms. The van der Waals surface area contributed by atoms with Crippen LogP contribution >= 0.6 is 0 Å². The topological polar surface area (TPSA) is 49.3 Å². The molecule has 1 aliphatic carbocycles. The number of rotatable bonds is 4. The lowest BCUT2D eigenvalue weighted by atomic mass is 9.94. The summed E-state index contributed by atoms with van der Waals surface area (Å²) in [5.74, 6) is -0.877. The molecule has 0 amide bonds. The second kappa shape index (κ2) is 6.65. The zero-order valence-electron chi connectivity index (χ0n) is 12.6. The van der Waals surface area contributed by atoms with Crippen LogP contribution in [-0.2, 0) is 0 Å². The minimum atomic E-state index is -0.877. The van der Waals surface area contributed by atoms with Gasteiger partial charge in [-0.1, -0.05) is 55.7 Å². The van der Waals surface area contributed by atoms with Gasteiger partial charge in [-0.15, -0.1) is 0 Å². The van der Waals surface area contributed by atoms with E-state index in [9.17, 15) is 9.90 Å². The van der Waals surface area contributed by atoms with E-state index >= 15 is 0 Å². The quantitative estimate of drug-likeness (QED) is 0.852. The van der Waals surface area contributed by atoms with Gasteiger partial charge in [0.15, 0.2) is 0 Å². The van der Waals surface area contributed by atoms with Crippen molar-refractivity contribution < 1.29 is 9.90 Å². The van der Waals surface area contributed by atoms with Gasteiger partial charge in [0, 0.05) is 11.7 Å². The Morgan fingerprint density at radius 2 is 1.68 bits per heavy atom. The van der Waals surface area contributed by atoms with E-state index in [1.165, 1.54) is 19.3 Å². The third-order valence-corrected chi connectivity index (χ3v) is 4.32. The van der Waals surface area contributed by atoms with Crippen LogP contribution in [-0.4, -0.2) is 17.1 Å². The third kappa shape index (κ3) is 3.30. The van der Waals surface area contributed by atoms with E-state index in [2.05, 4.69) is 5.32 Å². The van der Waals surface area contributed by atoms with Crippen molar-refractivity contribution in [3.05, 3.63) is 54.1 Å². The predicted octanol–water partition coefficient (Wildman–Crippen LogP) is 4.80. The molecule has 0 bridgehead atoms. The van der Waals surface area contributed by atoms with E-state index in [0.717, 1.165) is 29.7 Å². The first-order valence-electron chi connectivity index (χ1n) is 7.93. The van der Waals surface area contributed by atoms with Crippen molar-refractivity contribution in [2.24, 2.45) is 0 Å². The fraction of sp³-hybridized carbons (Fsp3) is 0.316. The monoisotopic (exact) mass is 295 g/mol. The van der Waals surface area contributed by atoms with Crippen LogP contribution in [0.25, 0.3) is 11.1 Å². The summed E-state index contributed by atoms with van der Waals surface area (Å²) in [7, 11) is 0. The van der Waals surface area contributed by atoms with Crippen LogP contribution in [0.1, 0.15) is 42.5 Å². The molecule has 114 valence electrons. The number of benzene rings is 2. The molecule has 0 aromatic heterocycles. The first kappa shape index (κ1) is 14.6. The van der Waals surface area contributed by atoms with E-state index in [0.29, 0.717) is 11.6 Å². The van der Waals surface area contributed by atoms with Crippen LogP contribution in [0.2, 0.25) is 0 Å². The maximum absolute atomic E-state index is 11.5. The third-order valence-electron chi connectivity index (χ3n) is 4.32. The lowest BCUT2D eigenvalue weighted by Crippen LogP contribution is -2.23. The standard InChI is InChI=1S/C19H21NO2/c21-19(22)17-12-11-15(14-7-3-1-4-8-14)13-18(17)20-16-9-5-2-6-10-16/h1,3-4,7-8,11-13,16,20H,2,5-6,9-10H2,(H,21,22). The van der Waals surface area contributed by atoms with Crippen LogP contribution in [0.15, 0.2) is 48.5 Å². The molecule has 1 fully saturated rings. The molecule has 2 N–H and O–H groups in total. The van der Waals surface area contributed by atoms with Crippen LogP contribution < -0.4 is 5.32 Å². The van der Waals surface area contributed by atoms with Crippen LogP contribution in [0.4, 0.5) is 5.69 Å². The fourth-order valence-electron chi connectivity index (χ4n) is 3.13. The Bertz CT molecular complexity index is 646. The molecule has 3 nitrogen and oxygen atoms in total. The maximum atomic E-state index is 11.5. The molecule has 0 saturated heterocycles. The molecule has 1 saturated carbocycles. The Hall–Kier alpha value is -2.29. The number of hydrogen-bond donors (Lipinski definition) is 2. The van der Waals surface area contributed by atoms with Gasteiger partial charge < -0.3 is 10.4 Å². The molecular formula is C19H21NO2. The minimum Gasteiger partial charge on any atom is -0.478 e. The Morgan fingerprint density at radius 3 is 2.36 bits per heavy atom. The number of nitrogens with one attached hydrogen (secondary N) is 1. The highest BCUT2D eigenvalue weighted by atomic mass is 16.4. The van der Waals surface area contributed by atoms with Crippen LogP contribution in [0.5, 0.6) is 0 Å². The van der Waals surface area contributed by atoms with Gasteiger partial charge in [0.1, 0.15) is 0 Å². The summed E-state index contributed by atoms with van der Waals surface area (Å²) in [5, 5.41) is 12.9. The van der Waals surface area contributed by atoms with Gasteiger partial charge in [-0.2, -0.15) is 0 Å². The van der Waals surface area contributed by atoms with Crippen molar-refractivity contribution in [3.63, 3.8) is 0 Å². The molecule has 2 aromatic carbocycles. The molecule has 0 heterocycles. The summed E-state index contributed by atoms with van der Waals surface area (Å²) in [5.41, 5.74) is 3.24. The molecule has 0 radical (unpaired) electrons. The second-order valence-corrected chi connectivity index (χ2v) is 5.91. The van der Waals surface area contributed by atoms with Crippen LogP contribution in [0.3, 0.4) is 0 Å². The van der Waals surface area contributed by atoms with Gasteiger partial charge >= 0.3 is 5.97 Å². The molecule has 1 aliphatic rings. The smallest absolute Gasteiger partial charge is 0.337 e. The summed E-state index contributed by atoms with van der Waals surface area (Å²) in [4.78, 5) is 11.5. The van der Waals surface area contributed by atoms with Gasteiger partial charge in [-0.25, -0.2) is 4.79 Å². The van der Waals surface area contributed by atoms with Gasteiger partial charge in [0.05, 0.1) is 5.56 Å². The molecule has 0 atom stereocenters. The molecule has 0 spiro atoms. The number of aromatic carboxylic acids is 1. The van der Waals surface area contributed by atoms with E-state index in [-0.39, 0.29) is 0 Å². The van der Waals surface area contributed by atoms with Crippen molar-refractivity contribution in [2.75, 3.05) is 5.32 Å². The zero-order chi connectivity index (χ0) is 15.4. The Balaban J connectivity index is 1.92. The van der Waals surface area contributed by atoms with Gasteiger partial charge in [-0.3, -0.25) is 0 Å². The van der Waals surface area contributed by atoms with Crippen LogP contribution in [0, 0.1) is 0 Å². The Kier molecular flexibility index (Phi) is 4.42. The van der Waals surface area contributed by atoms with Crippen molar-refractivity contribution in [3.8, 4) is 11.1 Å². The highest BCUT2D eigenvalue weighted by Gasteiger charge is 2.17. The first-order chi connectivity index (χ1) is 10.7. The largest absolute Gasteiger partial charge is 0.478 e. The summed E-state index contributed by atoms with van der Waals surface area (Å²) < 4.78 is 0. The highest BCUT2D eigenvalue weighted by Crippen LogP contribution is 2.28. The molecule has 3 rings (SSSR count). The van der Waals surface area contributed by atoms with Crippen molar-refractivity contribution in [1.29, 1.82) is 0 Å². The number of carboxylic acid groups (broad SMARTS) is 1. The van der Waals surface area contributed by atoms with Crippen molar-refractivity contribution in [1.82, 2.24) is 0 Å². The predicted molar refractivity (Wildman–Crippen MR) is 89.3 cm³/mol. The number of anilines is 1. The highest BCUT2D eigenvalue weighted by molar-refractivity contribution is 5.95. The summed E-state index contributed by atoms with van der Waals surface area (Å²) in [6.45, 7) is 0. The number of hydrogen-bond acceptors (Lipinski definition) is 2. The van der Waals surface area contributed by atoms with E-state index in [1.807, 2.05) is 42.5 Å². The fourth-order valence-corrected chi connectivity index (χ4v) is 3.13. The van der Waals surface area contributed by atoms with Gasteiger partial charge in [0.2, 0.25) is 0 Å². The maximum Gasteiger partial charge on any atom is 0.337 e. The van der Waals surface area contributed by atoms with E-state index < -0.39 is 5.97 Å². The number of carboxylic acids is 1. The average Bonchev–Trinajstić information content (AvgIpc) is 2.56. The van der Waals surface area contributed by atoms with Gasteiger partial charge in [-0.05, 0) is 36.1 Å². The lowest BCUT2D eigenvalue weighted by Gasteiger charge is -2.25. The summed E-state index contributed by atoms with van der Waals surface area (Å²) >= 11 is 0. The molecular weight excluding hydrogens is 274 g/mol. The molecule has 2 aromatic rings. The first-order valence-corrected chi connectivity index (χ1v) is 7.93. The average molecular weight is 295 g/mol. The van der Waals surface area contributed by atoms with Crippen molar-refractivity contribution >= 4 is 11.7 Å². The van der Waals surface area contributed by atoms with Gasteiger partial charge in [0.25, 0.3) is 0 Å². The molecule has 0 aliphatic heterocycles. The lowest BCUT2D eigenvalue weighted by molar-refractivity contribution is 0.0698. The zero-order valence-corrected chi connectivity index (χ0v) is 12.6.